The molecule has 3 rings (SSSR count). The Morgan fingerprint density at radius 3 is 2.77 bits per heavy atom. The van der Waals surface area contributed by atoms with E-state index < -0.39 is 0 Å². The first-order valence-corrected chi connectivity index (χ1v) is 11.5. The zero-order valence-corrected chi connectivity index (χ0v) is 19.4. The van der Waals surface area contributed by atoms with Crippen molar-refractivity contribution in [2.24, 2.45) is 0 Å². The molecule has 2 aromatic rings. The summed E-state index contributed by atoms with van der Waals surface area (Å²) in [5.74, 6) is 0.790. The van der Waals surface area contributed by atoms with Gasteiger partial charge < -0.3 is 14.8 Å². The molecule has 1 amide bonds. The number of nitrogens with zero attached hydrogens (tertiary/aromatic N) is 1. The molecule has 1 fully saturated rings. The highest BCUT2D eigenvalue weighted by Gasteiger charge is 2.18. The lowest BCUT2D eigenvalue weighted by Crippen LogP contribution is -2.38. The number of likely N-dealkylation sites (N-methyl/N-ethyl adjacent to an activating group) is 1. The summed E-state index contributed by atoms with van der Waals surface area (Å²) in [6, 6.07) is 13.9. The van der Waals surface area contributed by atoms with E-state index in [9.17, 15) is 4.79 Å². The molecule has 0 atom stereocenters. The van der Waals surface area contributed by atoms with Crippen LogP contribution in [0.3, 0.4) is 0 Å². The summed E-state index contributed by atoms with van der Waals surface area (Å²) in [4.78, 5) is 14.6. The molecule has 1 N–H and O–H groups in total. The van der Waals surface area contributed by atoms with E-state index in [4.69, 9.17) is 32.7 Å². The molecule has 0 aromatic heterocycles. The van der Waals surface area contributed by atoms with Crippen LogP contribution in [0.2, 0.25) is 10.0 Å². The second-order valence-electron chi connectivity index (χ2n) is 7.81. The molecule has 0 unspecified atom stereocenters. The molecule has 0 spiro atoms. The third-order valence-corrected chi connectivity index (χ3v) is 6.43. The Bertz CT molecular complexity index is 856. The minimum absolute atomic E-state index is 0.0274. The molecule has 0 saturated carbocycles. The quantitative estimate of drug-likeness (QED) is 0.551. The predicted molar refractivity (Wildman–Crippen MR) is 125 cm³/mol. The van der Waals surface area contributed by atoms with E-state index >= 15 is 0 Å². The first-order chi connectivity index (χ1) is 15.0. The van der Waals surface area contributed by atoms with Crippen LogP contribution in [0.25, 0.3) is 0 Å². The highest BCUT2D eigenvalue weighted by Crippen LogP contribution is 2.26. The number of hydrogen-bond acceptors (Lipinski definition) is 4. The predicted octanol–water partition coefficient (Wildman–Crippen LogP) is 4.73. The Hall–Kier alpha value is -1.79. The van der Waals surface area contributed by atoms with Crippen LogP contribution in [0.15, 0.2) is 42.5 Å². The van der Waals surface area contributed by atoms with Crippen molar-refractivity contribution in [2.45, 2.75) is 38.3 Å². The van der Waals surface area contributed by atoms with Crippen LogP contribution in [-0.2, 0) is 22.5 Å². The van der Waals surface area contributed by atoms with Gasteiger partial charge in [0.2, 0.25) is 5.91 Å². The summed E-state index contributed by atoms with van der Waals surface area (Å²) >= 11 is 12.2. The molecule has 1 aliphatic heterocycles. The molecule has 0 aliphatic carbocycles. The number of rotatable bonds is 10. The van der Waals surface area contributed by atoms with Crippen LogP contribution in [0.4, 0.5) is 0 Å². The Kier molecular flexibility index (Phi) is 9.47. The van der Waals surface area contributed by atoms with Crippen molar-refractivity contribution in [1.29, 1.82) is 0 Å². The number of halogens is 2. The zero-order chi connectivity index (χ0) is 22.1. The second-order valence-corrected chi connectivity index (χ2v) is 8.59. The summed E-state index contributed by atoms with van der Waals surface area (Å²) in [6.07, 6.45) is 3.06. The first-order valence-electron chi connectivity index (χ1n) is 10.7. The number of carbonyl (C=O) groups is 1. The average Bonchev–Trinajstić information content (AvgIpc) is 2.79. The molecule has 0 bridgehead atoms. The van der Waals surface area contributed by atoms with E-state index in [1.807, 2.05) is 36.4 Å². The SMILES string of the molecule is CN(CCOc1cccc(CNC(=O)CCc2cccc(Cl)c2Cl)c1)C1CCOCC1. The summed E-state index contributed by atoms with van der Waals surface area (Å²) in [7, 11) is 2.14. The van der Waals surface area contributed by atoms with Gasteiger partial charge in [-0.3, -0.25) is 9.69 Å². The van der Waals surface area contributed by atoms with Gasteiger partial charge >= 0.3 is 0 Å². The summed E-state index contributed by atoms with van der Waals surface area (Å²) in [6.45, 7) is 3.65. The lowest BCUT2D eigenvalue weighted by atomic mass is 10.1. The van der Waals surface area contributed by atoms with Crippen LogP contribution in [0, 0.1) is 0 Å². The smallest absolute Gasteiger partial charge is 0.220 e. The Morgan fingerprint density at radius 2 is 1.97 bits per heavy atom. The summed E-state index contributed by atoms with van der Waals surface area (Å²) in [5.41, 5.74) is 1.88. The minimum atomic E-state index is -0.0274. The third-order valence-electron chi connectivity index (χ3n) is 5.57. The highest BCUT2D eigenvalue weighted by molar-refractivity contribution is 6.42. The van der Waals surface area contributed by atoms with E-state index in [2.05, 4.69) is 17.3 Å². The number of ether oxygens (including phenoxy) is 2. The van der Waals surface area contributed by atoms with Gasteiger partial charge in [-0.15, -0.1) is 0 Å². The number of aryl methyl sites for hydroxylation is 1. The van der Waals surface area contributed by atoms with Gasteiger partial charge in [0.05, 0.1) is 10.0 Å². The van der Waals surface area contributed by atoms with Gasteiger partial charge in [0.25, 0.3) is 0 Å². The van der Waals surface area contributed by atoms with Crippen molar-refractivity contribution in [3.05, 3.63) is 63.6 Å². The summed E-state index contributed by atoms with van der Waals surface area (Å²) in [5, 5.41) is 3.98. The molecule has 5 nitrogen and oxygen atoms in total. The largest absolute Gasteiger partial charge is 0.492 e. The van der Waals surface area contributed by atoms with Crippen LogP contribution in [0.1, 0.15) is 30.4 Å². The highest BCUT2D eigenvalue weighted by atomic mass is 35.5. The van der Waals surface area contributed by atoms with Crippen molar-refractivity contribution in [3.8, 4) is 5.75 Å². The van der Waals surface area contributed by atoms with Gasteiger partial charge in [-0.05, 0) is 55.6 Å². The number of hydrogen-bond donors (Lipinski definition) is 1. The first kappa shape index (κ1) is 23.9. The maximum atomic E-state index is 12.2. The normalized spacial score (nSPS) is 14.6. The minimum Gasteiger partial charge on any atom is -0.492 e. The van der Waals surface area contributed by atoms with E-state index in [1.165, 1.54) is 0 Å². The van der Waals surface area contributed by atoms with E-state index in [0.29, 0.717) is 42.1 Å². The Morgan fingerprint density at radius 1 is 1.19 bits per heavy atom. The standard InChI is InChI=1S/C24H30Cl2N2O3/c1-28(20-10-13-30-14-11-20)12-15-31-21-6-2-4-18(16-21)17-27-23(29)9-8-19-5-3-7-22(25)24(19)26/h2-7,16,20H,8-15,17H2,1H3,(H,27,29). The Balaban J connectivity index is 1.39. The molecular weight excluding hydrogens is 435 g/mol. The molecule has 1 aliphatic rings. The fourth-order valence-corrected chi connectivity index (χ4v) is 4.05. The lowest BCUT2D eigenvalue weighted by molar-refractivity contribution is -0.121. The van der Waals surface area contributed by atoms with Gasteiger partial charge in [-0.1, -0.05) is 47.5 Å². The van der Waals surface area contributed by atoms with Crippen molar-refractivity contribution in [3.63, 3.8) is 0 Å². The van der Waals surface area contributed by atoms with Crippen LogP contribution < -0.4 is 10.1 Å². The molecule has 31 heavy (non-hydrogen) atoms. The molecule has 7 heteroatoms. The van der Waals surface area contributed by atoms with E-state index in [1.54, 1.807) is 6.07 Å². The van der Waals surface area contributed by atoms with Crippen molar-refractivity contribution in [2.75, 3.05) is 33.4 Å². The fourth-order valence-electron chi connectivity index (χ4n) is 3.64. The molecule has 168 valence electrons. The van der Waals surface area contributed by atoms with Crippen molar-refractivity contribution < 1.29 is 14.3 Å². The van der Waals surface area contributed by atoms with Gasteiger partial charge in [-0.2, -0.15) is 0 Å². The van der Waals surface area contributed by atoms with Crippen LogP contribution >= 0.6 is 23.2 Å². The van der Waals surface area contributed by atoms with Crippen molar-refractivity contribution >= 4 is 29.1 Å². The number of carbonyl (C=O) groups excluding carboxylic acids is 1. The van der Waals surface area contributed by atoms with Gasteiger partial charge in [0, 0.05) is 38.8 Å². The number of amides is 1. The molecule has 2 aromatic carbocycles. The van der Waals surface area contributed by atoms with Crippen molar-refractivity contribution in [1.82, 2.24) is 10.2 Å². The second kappa shape index (κ2) is 12.3. The van der Waals surface area contributed by atoms with Gasteiger partial charge in [0.1, 0.15) is 12.4 Å². The maximum absolute atomic E-state index is 12.2. The third kappa shape index (κ3) is 7.69. The van der Waals surface area contributed by atoms with E-state index in [0.717, 1.165) is 49.5 Å². The van der Waals surface area contributed by atoms with Crippen LogP contribution in [0.5, 0.6) is 5.75 Å². The van der Waals surface area contributed by atoms with E-state index in [-0.39, 0.29) is 5.91 Å². The topological polar surface area (TPSA) is 50.8 Å². The fraction of sp³-hybridized carbons (Fsp3) is 0.458. The molecular formula is C24H30Cl2N2O3. The zero-order valence-electron chi connectivity index (χ0n) is 17.9. The summed E-state index contributed by atoms with van der Waals surface area (Å²) < 4.78 is 11.4. The maximum Gasteiger partial charge on any atom is 0.220 e. The molecule has 1 saturated heterocycles. The number of benzene rings is 2. The van der Waals surface area contributed by atoms with Crippen LogP contribution in [-0.4, -0.2) is 50.3 Å². The Labute approximate surface area is 194 Å². The average molecular weight is 465 g/mol. The lowest BCUT2D eigenvalue weighted by Gasteiger charge is -2.31. The molecule has 0 radical (unpaired) electrons. The number of nitrogens with one attached hydrogen (secondary N) is 1. The molecule has 1 heterocycles. The van der Waals surface area contributed by atoms with Gasteiger partial charge in [0.15, 0.2) is 0 Å². The monoisotopic (exact) mass is 464 g/mol. The van der Waals surface area contributed by atoms with Gasteiger partial charge in [-0.25, -0.2) is 0 Å².